The van der Waals surface area contributed by atoms with Gasteiger partial charge in [0.1, 0.15) is 19.8 Å². The van der Waals surface area contributed by atoms with Crippen molar-refractivity contribution in [2.24, 2.45) is 4.99 Å². The van der Waals surface area contributed by atoms with Crippen molar-refractivity contribution in [3.05, 3.63) is 46.8 Å². The summed E-state index contributed by atoms with van der Waals surface area (Å²) >= 11 is 1.26. The molecule has 0 radical (unpaired) electrons. The summed E-state index contributed by atoms with van der Waals surface area (Å²) in [7, 11) is -3.39. The number of hydrogen-bond donors (Lipinski definition) is 0. The number of carbonyl (C=O) groups is 2. The first-order chi connectivity index (χ1) is 16.7. The van der Waals surface area contributed by atoms with Gasteiger partial charge in [-0.2, -0.15) is 4.99 Å². The Morgan fingerprint density at radius 1 is 1.11 bits per heavy atom. The van der Waals surface area contributed by atoms with E-state index >= 15 is 0 Å². The van der Waals surface area contributed by atoms with Crippen LogP contribution in [0.5, 0.6) is 11.5 Å². The molecule has 4 rings (SSSR count). The summed E-state index contributed by atoms with van der Waals surface area (Å²) in [5.41, 5.74) is 1.32. The van der Waals surface area contributed by atoms with E-state index in [9.17, 15) is 18.0 Å². The second-order valence-electron chi connectivity index (χ2n) is 8.16. The maximum absolute atomic E-state index is 12.8. The predicted octanol–water partition coefficient (Wildman–Crippen LogP) is 2.89. The molecule has 0 spiro atoms. The van der Waals surface area contributed by atoms with Crippen molar-refractivity contribution in [3.8, 4) is 11.5 Å². The molecule has 2 aromatic carbocycles. The molecule has 0 bridgehead atoms. The molecular formula is C24H26N2O7S2. The third kappa shape index (κ3) is 5.40. The van der Waals surface area contributed by atoms with Gasteiger partial charge in [0.25, 0.3) is 5.91 Å². The van der Waals surface area contributed by atoms with E-state index in [1.54, 1.807) is 43.5 Å². The fraction of sp³-hybridized carbons (Fsp3) is 0.375. The van der Waals surface area contributed by atoms with Gasteiger partial charge in [-0.05, 0) is 38.5 Å². The molecule has 2 heterocycles. The van der Waals surface area contributed by atoms with Crippen LogP contribution in [-0.4, -0.2) is 49.9 Å². The van der Waals surface area contributed by atoms with Gasteiger partial charge < -0.3 is 18.8 Å². The van der Waals surface area contributed by atoms with Crippen LogP contribution in [0.1, 0.15) is 26.3 Å². The SMILES string of the molecule is CCOC(=O)Cn1c(=NC(=O)Cc2ccc(S(=O)(=O)C(C)C)cc2)sc2cc3c(cc21)OCCO3. The van der Waals surface area contributed by atoms with Gasteiger partial charge >= 0.3 is 5.97 Å². The molecule has 1 aliphatic rings. The summed E-state index contributed by atoms with van der Waals surface area (Å²) in [6, 6.07) is 9.82. The molecule has 0 saturated heterocycles. The average Bonchev–Trinajstić information content (AvgIpc) is 3.13. The number of hydrogen-bond acceptors (Lipinski definition) is 8. The Morgan fingerprint density at radius 3 is 2.40 bits per heavy atom. The van der Waals surface area contributed by atoms with Crippen LogP contribution in [0, 0.1) is 0 Å². The van der Waals surface area contributed by atoms with Gasteiger partial charge in [0.05, 0.1) is 33.4 Å². The third-order valence-electron chi connectivity index (χ3n) is 5.39. The van der Waals surface area contributed by atoms with E-state index < -0.39 is 27.0 Å². The zero-order valence-corrected chi connectivity index (χ0v) is 21.3. The molecule has 35 heavy (non-hydrogen) atoms. The van der Waals surface area contributed by atoms with Crippen LogP contribution in [0.3, 0.4) is 0 Å². The van der Waals surface area contributed by atoms with Crippen molar-refractivity contribution < 1.29 is 32.2 Å². The van der Waals surface area contributed by atoms with Gasteiger partial charge in [-0.25, -0.2) is 8.42 Å². The molecule has 0 N–H and O–H groups in total. The molecule has 1 aromatic heterocycles. The van der Waals surface area contributed by atoms with Gasteiger partial charge in [-0.1, -0.05) is 23.5 Å². The van der Waals surface area contributed by atoms with Gasteiger partial charge in [-0.3, -0.25) is 9.59 Å². The molecule has 0 fully saturated rings. The highest BCUT2D eigenvalue weighted by Gasteiger charge is 2.20. The van der Waals surface area contributed by atoms with E-state index in [0.717, 1.165) is 4.70 Å². The van der Waals surface area contributed by atoms with E-state index in [-0.39, 0.29) is 24.5 Å². The van der Waals surface area contributed by atoms with Crippen molar-refractivity contribution in [2.45, 2.75) is 43.9 Å². The first kappa shape index (κ1) is 24.9. The second kappa shape index (κ2) is 10.2. The fourth-order valence-electron chi connectivity index (χ4n) is 3.57. The molecule has 3 aromatic rings. The zero-order chi connectivity index (χ0) is 25.2. The van der Waals surface area contributed by atoms with Gasteiger partial charge in [-0.15, -0.1) is 0 Å². The third-order valence-corrected chi connectivity index (χ3v) is 8.60. The molecule has 0 aliphatic carbocycles. The lowest BCUT2D eigenvalue weighted by molar-refractivity contribution is -0.143. The van der Waals surface area contributed by atoms with Crippen molar-refractivity contribution in [2.75, 3.05) is 19.8 Å². The highest BCUT2D eigenvalue weighted by atomic mass is 32.2. The Kier molecular flexibility index (Phi) is 7.27. The summed E-state index contributed by atoms with van der Waals surface area (Å²) in [6.07, 6.45) is -0.0155. The molecule has 9 nitrogen and oxygen atoms in total. The Hall–Kier alpha value is -3.18. The molecule has 186 valence electrons. The Balaban J connectivity index is 1.67. The number of thiazole rings is 1. The summed E-state index contributed by atoms with van der Waals surface area (Å²) in [4.78, 5) is 29.9. The van der Waals surface area contributed by atoms with E-state index in [0.29, 0.717) is 40.6 Å². The zero-order valence-electron chi connectivity index (χ0n) is 19.6. The van der Waals surface area contributed by atoms with Crippen molar-refractivity contribution in [1.29, 1.82) is 0 Å². The van der Waals surface area contributed by atoms with Crippen LogP contribution in [-0.2, 0) is 37.1 Å². The van der Waals surface area contributed by atoms with Crippen LogP contribution in [0.15, 0.2) is 46.3 Å². The lowest BCUT2D eigenvalue weighted by Gasteiger charge is -2.18. The molecular weight excluding hydrogens is 492 g/mol. The van der Waals surface area contributed by atoms with Crippen LogP contribution in [0.2, 0.25) is 0 Å². The summed E-state index contributed by atoms with van der Waals surface area (Å²) in [5.74, 6) is 0.292. The van der Waals surface area contributed by atoms with Crippen LogP contribution in [0.25, 0.3) is 10.2 Å². The molecule has 0 atom stereocenters. The van der Waals surface area contributed by atoms with Crippen LogP contribution >= 0.6 is 11.3 Å². The number of ether oxygens (including phenoxy) is 3. The quantitative estimate of drug-likeness (QED) is 0.442. The van der Waals surface area contributed by atoms with E-state index in [2.05, 4.69) is 4.99 Å². The largest absolute Gasteiger partial charge is 0.486 e. The number of aromatic nitrogens is 1. The minimum atomic E-state index is -3.39. The second-order valence-corrected chi connectivity index (χ2v) is 11.7. The summed E-state index contributed by atoms with van der Waals surface area (Å²) < 4.78 is 43.5. The summed E-state index contributed by atoms with van der Waals surface area (Å²) in [5, 5.41) is -0.533. The van der Waals surface area contributed by atoms with E-state index in [1.807, 2.05) is 6.07 Å². The van der Waals surface area contributed by atoms with E-state index in [1.165, 1.54) is 23.5 Å². The number of rotatable bonds is 7. The maximum Gasteiger partial charge on any atom is 0.326 e. The first-order valence-corrected chi connectivity index (χ1v) is 13.5. The molecule has 11 heteroatoms. The fourth-order valence-corrected chi connectivity index (χ4v) is 5.69. The maximum atomic E-state index is 12.8. The Labute approximate surface area is 206 Å². The van der Waals surface area contributed by atoms with Crippen molar-refractivity contribution in [3.63, 3.8) is 0 Å². The predicted molar refractivity (Wildman–Crippen MR) is 130 cm³/mol. The highest BCUT2D eigenvalue weighted by molar-refractivity contribution is 7.92. The number of fused-ring (bicyclic) bond motifs is 2. The lowest BCUT2D eigenvalue weighted by Crippen LogP contribution is -2.23. The Morgan fingerprint density at radius 2 is 1.77 bits per heavy atom. The number of amides is 1. The molecule has 0 saturated carbocycles. The number of carbonyl (C=O) groups excluding carboxylic acids is 2. The topological polar surface area (TPSA) is 113 Å². The highest BCUT2D eigenvalue weighted by Crippen LogP contribution is 2.35. The smallest absolute Gasteiger partial charge is 0.326 e. The van der Waals surface area contributed by atoms with Gasteiger partial charge in [0.15, 0.2) is 26.1 Å². The van der Waals surface area contributed by atoms with Gasteiger partial charge in [0.2, 0.25) is 0 Å². The normalized spacial score (nSPS) is 13.9. The monoisotopic (exact) mass is 518 g/mol. The van der Waals surface area contributed by atoms with Crippen molar-refractivity contribution in [1.82, 2.24) is 4.57 Å². The van der Waals surface area contributed by atoms with Crippen molar-refractivity contribution >= 4 is 43.3 Å². The number of benzene rings is 2. The number of sulfone groups is 1. The van der Waals surface area contributed by atoms with Crippen LogP contribution < -0.4 is 14.3 Å². The number of nitrogens with zero attached hydrogens (tertiary/aromatic N) is 2. The standard InChI is InChI=1S/C24H26N2O7S2/c1-4-31-23(28)14-26-18-12-19-20(33-10-9-32-19)13-21(18)34-24(26)25-22(27)11-16-5-7-17(8-6-16)35(29,30)15(2)3/h5-8,12-13,15H,4,9-11,14H2,1-3H3. The van der Waals surface area contributed by atoms with Crippen LogP contribution in [0.4, 0.5) is 0 Å². The minimum absolute atomic E-state index is 0.0155. The first-order valence-electron chi connectivity index (χ1n) is 11.2. The molecule has 0 unspecified atom stereocenters. The average molecular weight is 519 g/mol. The lowest BCUT2D eigenvalue weighted by atomic mass is 10.1. The molecule has 1 amide bonds. The summed E-state index contributed by atoms with van der Waals surface area (Å²) in [6.45, 7) is 5.96. The van der Waals surface area contributed by atoms with E-state index in [4.69, 9.17) is 14.2 Å². The van der Waals surface area contributed by atoms with Gasteiger partial charge in [0, 0.05) is 12.1 Å². The molecule has 1 aliphatic heterocycles. The Bertz CT molecular complexity index is 1440. The minimum Gasteiger partial charge on any atom is -0.486 e. The number of esters is 1.